The number of nitrogens with zero attached hydrogens (tertiary/aromatic N) is 1. The fraction of sp³-hybridized carbons (Fsp3) is 0.333. The van der Waals surface area contributed by atoms with Gasteiger partial charge in [0.2, 0.25) is 5.91 Å². The molecule has 0 spiro atoms. The predicted molar refractivity (Wildman–Crippen MR) is 66.4 cm³/mol. The highest BCUT2D eigenvalue weighted by Crippen LogP contribution is 2.28. The molecule has 0 aromatic carbocycles. The van der Waals surface area contributed by atoms with Gasteiger partial charge in [-0.2, -0.15) is 0 Å². The number of aromatic nitrogens is 1. The lowest BCUT2D eigenvalue weighted by Gasteiger charge is -2.08. The molecule has 0 aliphatic rings. The van der Waals surface area contributed by atoms with Crippen LogP contribution >= 0.6 is 34.8 Å². The monoisotopic (exact) mass is 281 g/mol. The molecule has 1 amide bonds. The molecule has 0 unspecified atom stereocenters. The molecule has 88 valence electrons. The maximum Gasteiger partial charge on any atom is 0.239 e. The van der Waals surface area contributed by atoms with Gasteiger partial charge in [-0.15, -0.1) is 0 Å². The molecule has 1 aromatic heterocycles. The minimum atomic E-state index is -0.147. The molecule has 7 heteroatoms. The van der Waals surface area contributed by atoms with Gasteiger partial charge >= 0.3 is 0 Å². The summed E-state index contributed by atoms with van der Waals surface area (Å²) in [6.45, 7) is 2.49. The Morgan fingerprint density at radius 2 is 2.06 bits per heavy atom. The fourth-order valence-electron chi connectivity index (χ4n) is 0.992. The number of rotatable bonds is 4. The first-order chi connectivity index (χ1) is 7.54. The van der Waals surface area contributed by atoms with Gasteiger partial charge in [0.1, 0.15) is 11.0 Å². The minimum Gasteiger partial charge on any atom is -0.360 e. The van der Waals surface area contributed by atoms with Crippen molar-refractivity contribution in [3.63, 3.8) is 0 Å². The van der Waals surface area contributed by atoms with Crippen LogP contribution in [0.25, 0.3) is 0 Å². The van der Waals surface area contributed by atoms with Crippen LogP contribution in [0.2, 0.25) is 15.2 Å². The maximum absolute atomic E-state index is 11.2. The molecule has 0 fully saturated rings. The highest BCUT2D eigenvalue weighted by atomic mass is 35.5. The Bertz CT molecular complexity index is 398. The average molecular weight is 283 g/mol. The number of amides is 1. The quantitative estimate of drug-likeness (QED) is 0.835. The zero-order valence-electron chi connectivity index (χ0n) is 8.48. The number of pyridine rings is 1. The summed E-state index contributed by atoms with van der Waals surface area (Å²) in [6, 6.07) is 1.47. The molecule has 0 atom stereocenters. The van der Waals surface area contributed by atoms with E-state index in [0.717, 1.165) is 0 Å². The first-order valence-electron chi connectivity index (χ1n) is 4.56. The smallest absolute Gasteiger partial charge is 0.239 e. The van der Waals surface area contributed by atoms with Crippen LogP contribution in [-0.4, -0.2) is 24.0 Å². The van der Waals surface area contributed by atoms with Gasteiger partial charge in [-0.25, -0.2) is 4.98 Å². The largest absolute Gasteiger partial charge is 0.360 e. The lowest BCUT2D eigenvalue weighted by molar-refractivity contribution is -0.119. The Labute approximate surface area is 108 Å². The molecule has 0 radical (unpaired) electrons. The van der Waals surface area contributed by atoms with Crippen molar-refractivity contribution in [1.82, 2.24) is 10.3 Å². The summed E-state index contributed by atoms with van der Waals surface area (Å²) in [7, 11) is 0. The summed E-state index contributed by atoms with van der Waals surface area (Å²) in [5.74, 6) is 0.189. The molecule has 0 saturated carbocycles. The first-order valence-corrected chi connectivity index (χ1v) is 5.70. The highest BCUT2D eigenvalue weighted by Gasteiger charge is 2.08. The number of anilines is 1. The predicted octanol–water partition coefficient (Wildman–Crippen LogP) is 2.59. The minimum absolute atomic E-state index is 0.0819. The first kappa shape index (κ1) is 13.4. The van der Waals surface area contributed by atoms with Crippen LogP contribution in [0.1, 0.15) is 6.92 Å². The van der Waals surface area contributed by atoms with Crippen LogP contribution in [0.4, 0.5) is 5.82 Å². The molecular formula is C9H10Cl3N3O. The number of halogens is 3. The van der Waals surface area contributed by atoms with Crippen LogP contribution in [0.5, 0.6) is 0 Å². The SMILES string of the molecule is CCNC(=O)CNc1nc(Cl)c(Cl)cc1Cl. The van der Waals surface area contributed by atoms with Gasteiger partial charge < -0.3 is 10.6 Å². The van der Waals surface area contributed by atoms with E-state index in [9.17, 15) is 4.79 Å². The van der Waals surface area contributed by atoms with Crippen LogP contribution in [-0.2, 0) is 4.79 Å². The van der Waals surface area contributed by atoms with E-state index in [1.807, 2.05) is 6.92 Å². The standard InChI is InChI=1S/C9H10Cl3N3O/c1-2-13-7(16)4-14-9-6(11)3-5(10)8(12)15-9/h3H,2,4H2,1H3,(H,13,16)(H,14,15). The molecular weight excluding hydrogens is 272 g/mol. The van der Waals surface area contributed by atoms with Gasteiger partial charge in [0, 0.05) is 6.54 Å². The van der Waals surface area contributed by atoms with Crippen LogP contribution in [0.15, 0.2) is 6.07 Å². The molecule has 1 rings (SSSR count). The number of hydrogen-bond acceptors (Lipinski definition) is 3. The van der Waals surface area contributed by atoms with E-state index in [1.165, 1.54) is 6.07 Å². The van der Waals surface area contributed by atoms with Gasteiger partial charge in [0.05, 0.1) is 16.6 Å². The van der Waals surface area contributed by atoms with Crippen molar-refractivity contribution < 1.29 is 4.79 Å². The van der Waals surface area contributed by atoms with Gasteiger partial charge in [-0.05, 0) is 13.0 Å². The normalized spacial score (nSPS) is 10.0. The Morgan fingerprint density at radius 3 is 2.69 bits per heavy atom. The number of nitrogens with one attached hydrogen (secondary N) is 2. The van der Waals surface area contributed by atoms with Crippen molar-refractivity contribution in [2.45, 2.75) is 6.92 Å². The van der Waals surface area contributed by atoms with E-state index < -0.39 is 0 Å². The lowest BCUT2D eigenvalue weighted by Crippen LogP contribution is -2.29. The van der Waals surface area contributed by atoms with Crippen LogP contribution < -0.4 is 10.6 Å². The summed E-state index contributed by atoms with van der Waals surface area (Å²) in [4.78, 5) is 15.1. The molecule has 0 aliphatic heterocycles. The van der Waals surface area contributed by atoms with Crippen molar-refractivity contribution in [2.24, 2.45) is 0 Å². The Kier molecular flexibility index (Phi) is 5.12. The topological polar surface area (TPSA) is 54.0 Å². The van der Waals surface area contributed by atoms with E-state index in [0.29, 0.717) is 17.4 Å². The fourth-order valence-corrected chi connectivity index (χ4v) is 1.56. The summed E-state index contributed by atoms with van der Waals surface area (Å²) >= 11 is 17.3. The maximum atomic E-state index is 11.2. The van der Waals surface area contributed by atoms with Crippen molar-refractivity contribution in [2.75, 3.05) is 18.4 Å². The van der Waals surface area contributed by atoms with E-state index in [4.69, 9.17) is 34.8 Å². The second kappa shape index (κ2) is 6.13. The van der Waals surface area contributed by atoms with Crippen molar-refractivity contribution in [3.8, 4) is 0 Å². The van der Waals surface area contributed by atoms with Crippen molar-refractivity contribution in [1.29, 1.82) is 0 Å². The zero-order valence-corrected chi connectivity index (χ0v) is 10.7. The number of carbonyl (C=O) groups excluding carboxylic acids is 1. The molecule has 0 bridgehead atoms. The van der Waals surface area contributed by atoms with E-state index in [-0.39, 0.29) is 22.6 Å². The average Bonchev–Trinajstić information content (AvgIpc) is 2.22. The van der Waals surface area contributed by atoms with E-state index in [1.54, 1.807) is 0 Å². The number of carbonyl (C=O) groups is 1. The summed E-state index contributed by atoms with van der Waals surface area (Å²) in [5, 5.41) is 6.13. The van der Waals surface area contributed by atoms with Gasteiger partial charge in [0.25, 0.3) is 0 Å². The molecule has 1 aromatic rings. The Morgan fingerprint density at radius 1 is 1.38 bits per heavy atom. The lowest BCUT2D eigenvalue weighted by atomic mass is 10.4. The van der Waals surface area contributed by atoms with Crippen LogP contribution in [0, 0.1) is 0 Å². The second-order valence-electron chi connectivity index (χ2n) is 2.90. The van der Waals surface area contributed by atoms with Gasteiger partial charge in [-0.3, -0.25) is 4.79 Å². The molecule has 2 N–H and O–H groups in total. The van der Waals surface area contributed by atoms with Crippen LogP contribution in [0.3, 0.4) is 0 Å². The Hall–Kier alpha value is -0.710. The van der Waals surface area contributed by atoms with Crippen molar-refractivity contribution >= 4 is 46.5 Å². The number of likely N-dealkylation sites (N-methyl/N-ethyl adjacent to an activating group) is 1. The third-order valence-electron chi connectivity index (χ3n) is 1.68. The Balaban J connectivity index is 2.67. The summed E-state index contributed by atoms with van der Waals surface area (Å²) in [6.07, 6.45) is 0. The van der Waals surface area contributed by atoms with E-state index >= 15 is 0 Å². The zero-order chi connectivity index (χ0) is 12.1. The molecule has 0 aliphatic carbocycles. The third kappa shape index (κ3) is 3.70. The van der Waals surface area contributed by atoms with Crippen molar-refractivity contribution in [3.05, 3.63) is 21.3 Å². The second-order valence-corrected chi connectivity index (χ2v) is 4.07. The molecule has 4 nitrogen and oxygen atoms in total. The molecule has 1 heterocycles. The summed E-state index contributed by atoms with van der Waals surface area (Å²) < 4.78 is 0. The highest BCUT2D eigenvalue weighted by molar-refractivity contribution is 6.42. The van der Waals surface area contributed by atoms with Gasteiger partial charge in [0.15, 0.2) is 0 Å². The number of hydrogen-bond donors (Lipinski definition) is 2. The summed E-state index contributed by atoms with van der Waals surface area (Å²) in [5.41, 5.74) is 0. The molecule has 0 saturated heterocycles. The van der Waals surface area contributed by atoms with E-state index in [2.05, 4.69) is 15.6 Å². The van der Waals surface area contributed by atoms with Gasteiger partial charge in [-0.1, -0.05) is 34.8 Å². The molecule has 16 heavy (non-hydrogen) atoms. The third-order valence-corrected chi connectivity index (χ3v) is 2.64.